The van der Waals surface area contributed by atoms with Gasteiger partial charge in [0.25, 0.3) is 0 Å². The van der Waals surface area contributed by atoms with Crippen LogP contribution in [0.3, 0.4) is 0 Å². The number of carboxylic acids is 1. The Balaban J connectivity index is 2.68. The highest BCUT2D eigenvalue weighted by Gasteiger charge is 2.50. The van der Waals surface area contributed by atoms with Gasteiger partial charge in [0.15, 0.2) is 24.6 Å². The van der Waals surface area contributed by atoms with Crippen LogP contribution in [0.2, 0.25) is 0 Å². The summed E-state index contributed by atoms with van der Waals surface area (Å²) in [5, 5.41) is 31.4. The first-order valence-electron chi connectivity index (χ1n) is 29.3. The van der Waals surface area contributed by atoms with E-state index in [1.807, 2.05) is 0 Å². The highest BCUT2D eigenvalue weighted by atomic mass is 16.7. The van der Waals surface area contributed by atoms with E-state index in [9.17, 15) is 34.5 Å². The summed E-state index contributed by atoms with van der Waals surface area (Å²) in [6.45, 7) is 5.84. The first kappa shape index (κ1) is 67.4. The summed E-state index contributed by atoms with van der Waals surface area (Å²) in [7, 11) is 0. The quantitative estimate of drug-likeness (QED) is 0.0228. The number of unbranched alkanes of at least 4 members (excludes halogenated alkanes) is 25. The van der Waals surface area contributed by atoms with Crippen molar-refractivity contribution in [3.05, 3.63) is 60.8 Å². The third kappa shape index (κ3) is 39.5. The predicted octanol–water partition coefficient (Wildman–Crippen LogP) is 14.8. The molecule has 0 aliphatic carbocycles. The number of rotatable bonds is 49. The number of carbonyl (C=O) groups excluding carboxylic acids is 3. The molecule has 0 spiro atoms. The van der Waals surface area contributed by atoms with Crippen molar-refractivity contribution in [2.45, 2.75) is 289 Å². The van der Waals surface area contributed by atoms with Crippen LogP contribution in [-0.4, -0.2) is 89.2 Å². The van der Waals surface area contributed by atoms with E-state index in [2.05, 4.69) is 81.5 Å². The van der Waals surface area contributed by atoms with E-state index in [-0.39, 0.29) is 25.9 Å². The highest BCUT2D eigenvalue weighted by Crippen LogP contribution is 2.26. The van der Waals surface area contributed by atoms with Crippen molar-refractivity contribution in [2.24, 2.45) is 0 Å². The van der Waals surface area contributed by atoms with Gasteiger partial charge in [0, 0.05) is 19.3 Å². The third-order valence-electron chi connectivity index (χ3n) is 13.1. The second-order valence-electron chi connectivity index (χ2n) is 19.9. The molecule has 1 aliphatic rings. The lowest BCUT2D eigenvalue weighted by Crippen LogP contribution is -2.61. The molecular weight excluding hydrogens is 925 g/mol. The van der Waals surface area contributed by atoms with Gasteiger partial charge in [0.05, 0.1) is 6.61 Å². The monoisotopic (exact) mass is 1030 g/mol. The van der Waals surface area contributed by atoms with Crippen molar-refractivity contribution >= 4 is 23.9 Å². The van der Waals surface area contributed by atoms with Gasteiger partial charge in [-0.2, -0.15) is 0 Å². The minimum Gasteiger partial charge on any atom is -0.479 e. The molecule has 0 aromatic carbocycles. The van der Waals surface area contributed by atoms with Gasteiger partial charge in [-0.25, -0.2) is 4.79 Å². The molecule has 6 unspecified atom stereocenters. The highest BCUT2D eigenvalue weighted by molar-refractivity contribution is 5.74. The van der Waals surface area contributed by atoms with Crippen molar-refractivity contribution in [3.63, 3.8) is 0 Å². The Hall–Kier alpha value is -3.58. The van der Waals surface area contributed by atoms with E-state index in [1.54, 1.807) is 0 Å². The van der Waals surface area contributed by atoms with Gasteiger partial charge in [0.2, 0.25) is 0 Å². The van der Waals surface area contributed by atoms with E-state index in [1.165, 1.54) is 83.5 Å². The molecule has 0 radical (unpaired) electrons. The third-order valence-corrected chi connectivity index (χ3v) is 13.1. The van der Waals surface area contributed by atoms with E-state index in [0.29, 0.717) is 19.3 Å². The zero-order valence-corrected chi connectivity index (χ0v) is 46.1. The fraction of sp³-hybridized carbons (Fsp3) is 0.770. The van der Waals surface area contributed by atoms with E-state index >= 15 is 0 Å². The van der Waals surface area contributed by atoms with Gasteiger partial charge in [-0.3, -0.25) is 14.4 Å². The zero-order chi connectivity index (χ0) is 53.3. The molecule has 12 nitrogen and oxygen atoms in total. The molecule has 0 bridgehead atoms. The van der Waals surface area contributed by atoms with Gasteiger partial charge < -0.3 is 39.0 Å². The Bertz CT molecular complexity index is 1500. The topological polar surface area (TPSA) is 175 Å². The molecule has 0 aromatic heterocycles. The lowest BCUT2D eigenvalue weighted by Gasteiger charge is -2.40. The van der Waals surface area contributed by atoms with Crippen molar-refractivity contribution < 1.29 is 58.2 Å². The number of ether oxygens (including phenoxy) is 5. The number of esters is 3. The summed E-state index contributed by atoms with van der Waals surface area (Å²) in [5.74, 6) is -3.14. The molecular formula is C61H104O12. The molecule has 12 heteroatoms. The van der Waals surface area contributed by atoms with Crippen molar-refractivity contribution in [1.82, 2.24) is 0 Å². The number of hydrogen-bond acceptors (Lipinski definition) is 11. The van der Waals surface area contributed by atoms with E-state index in [0.717, 1.165) is 109 Å². The molecule has 1 aliphatic heterocycles. The molecule has 1 fully saturated rings. The minimum absolute atomic E-state index is 0.0406. The number of aliphatic hydroxyl groups excluding tert-OH is 2. The molecule has 420 valence electrons. The smallest absolute Gasteiger partial charge is 0.335 e. The Kier molecular flexibility index (Phi) is 45.5. The van der Waals surface area contributed by atoms with Gasteiger partial charge in [-0.15, -0.1) is 0 Å². The van der Waals surface area contributed by atoms with Gasteiger partial charge in [-0.1, -0.05) is 210 Å². The maximum absolute atomic E-state index is 13.1. The Morgan fingerprint density at radius 1 is 0.466 bits per heavy atom. The molecule has 1 rings (SSSR count). The number of carbonyl (C=O) groups is 4. The lowest BCUT2D eigenvalue weighted by atomic mass is 9.98. The van der Waals surface area contributed by atoms with Crippen LogP contribution in [-0.2, 0) is 42.9 Å². The molecule has 0 saturated carbocycles. The van der Waals surface area contributed by atoms with E-state index < -0.39 is 67.3 Å². The summed E-state index contributed by atoms with van der Waals surface area (Å²) in [6, 6.07) is 0. The standard InChI is InChI=1S/C61H104O12/c1-4-7-10-13-16-19-22-24-26-27-29-30-33-35-38-41-44-47-53(62)69-50-52(71-54(63)48-45-42-39-36-32-21-18-15-12-9-6-3)51-70-61-59(57(66)56(65)58(73-61)60(67)68)72-55(64)49-46-43-40-37-34-31-28-25-23-20-17-14-11-8-5-2/h8,11,16-17,19-20,24-26,28,52,56-59,61,65-66H,4-7,9-10,12-15,18,21-23,27,29-51H2,1-3H3,(H,67,68)/b11-8-,19-16-,20-17-,26-24-,28-25-. The first-order valence-corrected chi connectivity index (χ1v) is 29.3. The maximum atomic E-state index is 13.1. The van der Waals surface area contributed by atoms with Crippen LogP contribution in [0.5, 0.6) is 0 Å². The van der Waals surface area contributed by atoms with Crippen LogP contribution in [0.15, 0.2) is 60.8 Å². The predicted molar refractivity (Wildman–Crippen MR) is 294 cm³/mol. The van der Waals surface area contributed by atoms with Crippen molar-refractivity contribution in [1.29, 1.82) is 0 Å². The fourth-order valence-corrected chi connectivity index (χ4v) is 8.59. The molecule has 6 atom stereocenters. The normalized spacial score (nSPS) is 18.7. The van der Waals surface area contributed by atoms with Crippen LogP contribution in [0.1, 0.15) is 252 Å². The van der Waals surface area contributed by atoms with Crippen LogP contribution >= 0.6 is 0 Å². The summed E-state index contributed by atoms with van der Waals surface area (Å²) >= 11 is 0. The zero-order valence-electron chi connectivity index (χ0n) is 46.1. The van der Waals surface area contributed by atoms with Crippen LogP contribution < -0.4 is 0 Å². The maximum Gasteiger partial charge on any atom is 0.335 e. The van der Waals surface area contributed by atoms with Crippen LogP contribution in [0.4, 0.5) is 0 Å². The summed E-state index contributed by atoms with van der Waals surface area (Å²) in [4.78, 5) is 51.0. The molecule has 3 N–H and O–H groups in total. The van der Waals surface area contributed by atoms with Gasteiger partial charge in [0.1, 0.15) is 18.8 Å². The second-order valence-corrected chi connectivity index (χ2v) is 19.9. The number of aliphatic carboxylic acids is 1. The molecule has 0 aromatic rings. The number of aliphatic hydroxyl groups is 2. The summed E-state index contributed by atoms with van der Waals surface area (Å²) in [6.07, 6.45) is 47.6. The van der Waals surface area contributed by atoms with Crippen LogP contribution in [0, 0.1) is 0 Å². The largest absolute Gasteiger partial charge is 0.479 e. The molecule has 1 saturated heterocycles. The fourth-order valence-electron chi connectivity index (χ4n) is 8.59. The van der Waals surface area contributed by atoms with Crippen molar-refractivity contribution in [3.8, 4) is 0 Å². The lowest BCUT2D eigenvalue weighted by molar-refractivity contribution is -0.301. The minimum atomic E-state index is -1.91. The molecule has 0 amide bonds. The van der Waals surface area contributed by atoms with E-state index in [4.69, 9.17) is 23.7 Å². The SMILES string of the molecule is CC/C=C\C/C=C\C/C=C\CCCCCCCC(=O)OC1C(OCC(COC(=O)CCCCCCCCC/C=C\C/C=C\CCCCC)OC(=O)CCCCCCCCCCCCC)OC(C(=O)O)C(O)C1O. The summed E-state index contributed by atoms with van der Waals surface area (Å²) < 4.78 is 28.4. The van der Waals surface area contributed by atoms with Gasteiger partial charge >= 0.3 is 23.9 Å². The number of carboxylic acid groups (broad SMARTS) is 1. The number of hydrogen-bond donors (Lipinski definition) is 3. The average Bonchev–Trinajstić information content (AvgIpc) is 3.37. The van der Waals surface area contributed by atoms with Crippen molar-refractivity contribution in [2.75, 3.05) is 13.2 Å². The summed E-state index contributed by atoms with van der Waals surface area (Å²) in [5.41, 5.74) is 0. The van der Waals surface area contributed by atoms with Gasteiger partial charge in [-0.05, 0) is 83.5 Å². The first-order chi connectivity index (χ1) is 35.6. The Morgan fingerprint density at radius 3 is 1.34 bits per heavy atom. The molecule has 73 heavy (non-hydrogen) atoms. The Labute approximate surface area is 443 Å². The number of allylic oxidation sites excluding steroid dienone is 10. The van der Waals surface area contributed by atoms with Crippen LogP contribution in [0.25, 0.3) is 0 Å². The second kappa shape index (κ2) is 49.3. The average molecular weight is 1030 g/mol. The molecule has 1 heterocycles. The Morgan fingerprint density at radius 2 is 0.863 bits per heavy atom.